The SMILES string of the molecule is CCOC(=O)c1cn(Cc2ccc3ccccc3c2)nn1. The third kappa shape index (κ3) is 2.91. The van der Waals surface area contributed by atoms with Crippen LogP contribution in [0, 0.1) is 0 Å². The van der Waals surface area contributed by atoms with Crippen molar-refractivity contribution in [2.24, 2.45) is 0 Å². The van der Waals surface area contributed by atoms with Crippen LogP contribution in [0.5, 0.6) is 0 Å². The molecule has 0 fully saturated rings. The molecule has 1 heterocycles. The van der Waals surface area contributed by atoms with E-state index >= 15 is 0 Å². The summed E-state index contributed by atoms with van der Waals surface area (Å²) in [7, 11) is 0. The molecule has 0 spiro atoms. The van der Waals surface area contributed by atoms with Gasteiger partial charge < -0.3 is 4.74 Å². The van der Waals surface area contributed by atoms with Crippen LogP contribution in [-0.4, -0.2) is 27.6 Å². The minimum absolute atomic E-state index is 0.234. The maximum absolute atomic E-state index is 11.5. The van der Waals surface area contributed by atoms with Crippen LogP contribution in [0.25, 0.3) is 10.8 Å². The van der Waals surface area contributed by atoms with Gasteiger partial charge in [-0.15, -0.1) is 5.10 Å². The third-order valence-corrected chi connectivity index (χ3v) is 3.18. The van der Waals surface area contributed by atoms with Gasteiger partial charge in [0.15, 0.2) is 5.69 Å². The minimum Gasteiger partial charge on any atom is -0.461 e. The molecule has 0 atom stereocenters. The van der Waals surface area contributed by atoms with Gasteiger partial charge in [0.1, 0.15) is 0 Å². The van der Waals surface area contributed by atoms with E-state index in [1.807, 2.05) is 18.2 Å². The molecular formula is C16H15N3O2. The van der Waals surface area contributed by atoms with Crippen molar-refractivity contribution in [1.29, 1.82) is 0 Å². The van der Waals surface area contributed by atoms with Gasteiger partial charge in [0.05, 0.1) is 19.3 Å². The number of hydrogen-bond acceptors (Lipinski definition) is 4. The maximum Gasteiger partial charge on any atom is 0.360 e. The van der Waals surface area contributed by atoms with Gasteiger partial charge in [-0.3, -0.25) is 0 Å². The fourth-order valence-electron chi connectivity index (χ4n) is 2.20. The monoisotopic (exact) mass is 281 g/mol. The first kappa shape index (κ1) is 13.3. The molecule has 0 saturated heterocycles. The number of benzene rings is 2. The van der Waals surface area contributed by atoms with Crippen molar-refractivity contribution in [1.82, 2.24) is 15.0 Å². The zero-order valence-electron chi connectivity index (χ0n) is 11.7. The topological polar surface area (TPSA) is 57.0 Å². The van der Waals surface area contributed by atoms with Crippen molar-refractivity contribution >= 4 is 16.7 Å². The van der Waals surface area contributed by atoms with Crippen molar-refractivity contribution < 1.29 is 9.53 Å². The molecule has 21 heavy (non-hydrogen) atoms. The van der Waals surface area contributed by atoms with E-state index in [0.717, 1.165) is 5.56 Å². The largest absolute Gasteiger partial charge is 0.461 e. The molecule has 0 saturated carbocycles. The Balaban J connectivity index is 1.80. The molecule has 3 aromatic rings. The second-order valence-electron chi connectivity index (χ2n) is 4.70. The van der Waals surface area contributed by atoms with Crippen LogP contribution in [0.4, 0.5) is 0 Å². The number of hydrogen-bond donors (Lipinski definition) is 0. The molecule has 2 aromatic carbocycles. The Morgan fingerprint density at radius 2 is 2.00 bits per heavy atom. The second kappa shape index (κ2) is 5.75. The van der Waals surface area contributed by atoms with E-state index in [0.29, 0.717) is 13.2 Å². The Morgan fingerprint density at radius 3 is 2.81 bits per heavy atom. The number of ether oxygens (including phenoxy) is 1. The fourth-order valence-corrected chi connectivity index (χ4v) is 2.20. The molecule has 0 aliphatic carbocycles. The molecule has 106 valence electrons. The summed E-state index contributed by atoms with van der Waals surface area (Å²) in [5.41, 5.74) is 1.34. The van der Waals surface area contributed by atoms with Crippen LogP contribution in [0.15, 0.2) is 48.7 Å². The van der Waals surface area contributed by atoms with E-state index in [1.165, 1.54) is 10.8 Å². The number of nitrogens with zero attached hydrogens (tertiary/aromatic N) is 3. The predicted octanol–water partition coefficient (Wildman–Crippen LogP) is 2.66. The summed E-state index contributed by atoms with van der Waals surface area (Å²) >= 11 is 0. The molecule has 0 amide bonds. The first-order valence-corrected chi connectivity index (χ1v) is 6.81. The summed E-state index contributed by atoms with van der Waals surface area (Å²) in [5.74, 6) is -0.442. The molecule has 0 radical (unpaired) electrons. The van der Waals surface area contributed by atoms with Gasteiger partial charge in [-0.25, -0.2) is 9.48 Å². The van der Waals surface area contributed by atoms with Crippen molar-refractivity contribution in [2.45, 2.75) is 13.5 Å². The Morgan fingerprint density at radius 1 is 1.19 bits per heavy atom. The first-order valence-electron chi connectivity index (χ1n) is 6.81. The standard InChI is InChI=1S/C16H15N3O2/c1-2-21-16(20)15-11-19(18-17-15)10-12-7-8-13-5-3-4-6-14(13)9-12/h3-9,11H,2,10H2,1H3. The maximum atomic E-state index is 11.5. The molecule has 0 bridgehead atoms. The van der Waals surface area contributed by atoms with Gasteiger partial charge in [-0.05, 0) is 29.3 Å². The number of aromatic nitrogens is 3. The van der Waals surface area contributed by atoms with Crippen LogP contribution in [0.3, 0.4) is 0 Å². The first-order chi connectivity index (χ1) is 10.3. The van der Waals surface area contributed by atoms with E-state index in [2.05, 4.69) is 34.6 Å². The number of rotatable bonds is 4. The van der Waals surface area contributed by atoms with Gasteiger partial charge in [0.2, 0.25) is 0 Å². The zero-order valence-corrected chi connectivity index (χ0v) is 11.7. The van der Waals surface area contributed by atoms with E-state index in [9.17, 15) is 4.79 Å². The lowest BCUT2D eigenvalue weighted by molar-refractivity contribution is 0.0519. The predicted molar refractivity (Wildman–Crippen MR) is 79.0 cm³/mol. The smallest absolute Gasteiger partial charge is 0.360 e. The average molecular weight is 281 g/mol. The highest BCUT2D eigenvalue weighted by Gasteiger charge is 2.11. The Hall–Kier alpha value is -2.69. The number of carbonyl (C=O) groups excluding carboxylic acids is 1. The van der Waals surface area contributed by atoms with Crippen LogP contribution in [0.1, 0.15) is 23.0 Å². The lowest BCUT2D eigenvalue weighted by Crippen LogP contribution is -2.05. The lowest BCUT2D eigenvalue weighted by atomic mass is 10.1. The molecule has 1 aromatic heterocycles. The quantitative estimate of drug-likeness (QED) is 0.690. The minimum atomic E-state index is -0.442. The number of fused-ring (bicyclic) bond motifs is 1. The number of carbonyl (C=O) groups is 1. The summed E-state index contributed by atoms with van der Waals surface area (Å²) in [6, 6.07) is 14.4. The molecule has 0 N–H and O–H groups in total. The van der Waals surface area contributed by atoms with Crippen LogP contribution in [-0.2, 0) is 11.3 Å². The van der Waals surface area contributed by atoms with Crippen molar-refractivity contribution in [3.8, 4) is 0 Å². The zero-order chi connectivity index (χ0) is 14.7. The van der Waals surface area contributed by atoms with E-state index in [4.69, 9.17) is 4.74 Å². The Kier molecular flexibility index (Phi) is 3.64. The molecule has 0 aliphatic heterocycles. The summed E-state index contributed by atoms with van der Waals surface area (Å²) in [6.45, 7) is 2.66. The second-order valence-corrected chi connectivity index (χ2v) is 4.70. The summed E-state index contributed by atoms with van der Waals surface area (Å²) < 4.78 is 6.53. The number of esters is 1. The van der Waals surface area contributed by atoms with Gasteiger partial charge in [-0.1, -0.05) is 41.6 Å². The van der Waals surface area contributed by atoms with Crippen molar-refractivity contribution in [2.75, 3.05) is 6.61 Å². The van der Waals surface area contributed by atoms with E-state index in [1.54, 1.807) is 17.8 Å². The highest BCUT2D eigenvalue weighted by Crippen LogP contribution is 2.16. The van der Waals surface area contributed by atoms with E-state index in [-0.39, 0.29) is 5.69 Å². The van der Waals surface area contributed by atoms with Crippen LogP contribution < -0.4 is 0 Å². The normalized spacial score (nSPS) is 10.7. The molecule has 0 unspecified atom stereocenters. The summed E-state index contributed by atoms with van der Waals surface area (Å²) in [6.07, 6.45) is 1.60. The molecule has 5 heteroatoms. The highest BCUT2D eigenvalue weighted by atomic mass is 16.5. The van der Waals surface area contributed by atoms with Crippen molar-refractivity contribution in [3.05, 3.63) is 59.9 Å². The molecular weight excluding hydrogens is 266 g/mol. The molecule has 0 aliphatic rings. The van der Waals surface area contributed by atoms with Gasteiger partial charge in [-0.2, -0.15) is 0 Å². The molecule has 5 nitrogen and oxygen atoms in total. The van der Waals surface area contributed by atoms with Crippen LogP contribution in [0.2, 0.25) is 0 Å². The molecule has 3 rings (SSSR count). The van der Waals surface area contributed by atoms with Gasteiger partial charge in [0, 0.05) is 0 Å². The Bertz CT molecular complexity index is 780. The highest BCUT2D eigenvalue weighted by molar-refractivity contribution is 5.86. The van der Waals surface area contributed by atoms with Crippen LogP contribution >= 0.6 is 0 Å². The van der Waals surface area contributed by atoms with Gasteiger partial charge >= 0.3 is 5.97 Å². The third-order valence-electron chi connectivity index (χ3n) is 3.18. The fraction of sp³-hybridized carbons (Fsp3) is 0.188. The lowest BCUT2D eigenvalue weighted by Gasteiger charge is -2.03. The van der Waals surface area contributed by atoms with E-state index < -0.39 is 5.97 Å². The average Bonchev–Trinajstić information content (AvgIpc) is 2.96. The Labute approximate surface area is 122 Å². The van der Waals surface area contributed by atoms with Crippen molar-refractivity contribution in [3.63, 3.8) is 0 Å². The summed E-state index contributed by atoms with van der Waals surface area (Å²) in [5, 5.41) is 10.2. The van der Waals surface area contributed by atoms with Gasteiger partial charge in [0.25, 0.3) is 0 Å². The summed E-state index contributed by atoms with van der Waals surface area (Å²) in [4.78, 5) is 11.5.